The average molecular weight is 429 g/mol. The zero-order chi connectivity index (χ0) is 22.1. The van der Waals surface area contributed by atoms with Gasteiger partial charge >= 0.3 is 0 Å². The van der Waals surface area contributed by atoms with E-state index in [1.165, 1.54) is 22.0 Å². The molecule has 2 aromatic carbocycles. The number of hydrogen-bond acceptors (Lipinski definition) is 3. The fraction of sp³-hybridized carbons (Fsp3) is 0.407. The van der Waals surface area contributed by atoms with Gasteiger partial charge in [-0.1, -0.05) is 48.5 Å². The van der Waals surface area contributed by atoms with Crippen LogP contribution in [0.2, 0.25) is 0 Å². The summed E-state index contributed by atoms with van der Waals surface area (Å²) in [6.45, 7) is 7.15. The second-order valence-electron chi connectivity index (χ2n) is 9.19. The number of hydrogen-bond donors (Lipinski definition) is 0. The molecule has 0 bridgehead atoms. The molecule has 5 nitrogen and oxygen atoms in total. The van der Waals surface area contributed by atoms with Crippen molar-refractivity contribution in [3.05, 3.63) is 77.6 Å². The molecule has 1 aromatic heterocycles. The van der Waals surface area contributed by atoms with Crippen molar-refractivity contribution in [1.29, 1.82) is 0 Å². The van der Waals surface area contributed by atoms with E-state index in [0.717, 1.165) is 57.3 Å². The number of carbonyl (C=O) groups excluding carboxylic acids is 1. The minimum atomic E-state index is 0.110. The zero-order valence-electron chi connectivity index (χ0n) is 19.0. The lowest BCUT2D eigenvalue weighted by Gasteiger charge is -2.32. The number of allylic oxidation sites excluding steroid dienone is 1. The van der Waals surface area contributed by atoms with Gasteiger partial charge in [0.2, 0.25) is 0 Å². The van der Waals surface area contributed by atoms with Crippen molar-refractivity contribution < 1.29 is 4.79 Å². The molecule has 1 atom stereocenters. The predicted octanol–water partition coefficient (Wildman–Crippen LogP) is 4.45. The summed E-state index contributed by atoms with van der Waals surface area (Å²) in [5.41, 5.74) is 4.41. The van der Waals surface area contributed by atoms with Gasteiger partial charge < -0.3 is 4.90 Å². The summed E-state index contributed by atoms with van der Waals surface area (Å²) in [5.74, 6) is 0.110. The molecule has 0 radical (unpaired) electrons. The molecule has 0 N–H and O–H groups in total. The third kappa shape index (κ3) is 3.86. The molecular weight excluding hydrogens is 396 g/mol. The summed E-state index contributed by atoms with van der Waals surface area (Å²) >= 11 is 0. The Morgan fingerprint density at radius 1 is 1.19 bits per heavy atom. The number of aromatic nitrogens is 2. The SMILES string of the molecule is C=CCn1nc(C(=O)N2CCCC2)c2c1CCC(N(C)Cc1cccc3ccccc13)C2. The van der Waals surface area contributed by atoms with Gasteiger partial charge in [-0.25, -0.2) is 0 Å². The summed E-state index contributed by atoms with van der Waals surface area (Å²) < 4.78 is 2.01. The van der Waals surface area contributed by atoms with Gasteiger partial charge in [0.05, 0.1) is 6.54 Å². The molecule has 1 saturated heterocycles. The number of likely N-dealkylation sites (tertiary alicyclic amines) is 1. The molecule has 1 unspecified atom stereocenters. The van der Waals surface area contributed by atoms with Crippen LogP contribution in [0.15, 0.2) is 55.1 Å². The van der Waals surface area contributed by atoms with Crippen molar-refractivity contribution in [1.82, 2.24) is 19.6 Å². The molecule has 1 aliphatic heterocycles. The molecule has 2 heterocycles. The van der Waals surface area contributed by atoms with Crippen LogP contribution in [0, 0.1) is 0 Å². The summed E-state index contributed by atoms with van der Waals surface area (Å²) in [6.07, 6.45) is 6.97. The lowest BCUT2D eigenvalue weighted by atomic mass is 9.90. The third-order valence-electron chi connectivity index (χ3n) is 7.14. The number of amides is 1. The van der Waals surface area contributed by atoms with Crippen molar-refractivity contribution in [2.75, 3.05) is 20.1 Å². The van der Waals surface area contributed by atoms with E-state index < -0.39 is 0 Å². The first kappa shape index (κ1) is 21.0. The van der Waals surface area contributed by atoms with E-state index in [0.29, 0.717) is 18.3 Å². The maximum atomic E-state index is 13.3. The zero-order valence-corrected chi connectivity index (χ0v) is 19.0. The molecule has 3 aromatic rings. The Labute approximate surface area is 190 Å². The second kappa shape index (κ2) is 8.91. The Kier molecular flexibility index (Phi) is 5.83. The number of fused-ring (bicyclic) bond motifs is 2. The molecule has 1 fully saturated rings. The van der Waals surface area contributed by atoms with E-state index in [9.17, 15) is 4.79 Å². The van der Waals surface area contributed by atoms with Crippen LogP contribution in [0.5, 0.6) is 0 Å². The number of carbonyl (C=O) groups is 1. The molecule has 0 spiro atoms. The van der Waals surface area contributed by atoms with E-state index in [1.54, 1.807) is 0 Å². The molecule has 1 aliphatic carbocycles. The van der Waals surface area contributed by atoms with Crippen LogP contribution >= 0.6 is 0 Å². The fourth-order valence-corrected chi connectivity index (χ4v) is 5.39. The van der Waals surface area contributed by atoms with E-state index in [2.05, 4.69) is 61.0 Å². The van der Waals surface area contributed by atoms with Crippen LogP contribution in [0.25, 0.3) is 10.8 Å². The number of nitrogens with zero attached hydrogens (tertiary/aromatic N) is 4. The van der Waals surface area contributed by atoms with E-state index in [4.69, 9.17) is 5.10 Å². The lowest BCUT2D eigenvalue weighted by Crippen LogP contribution is -2.37. The van der Waals surface area contributed by atoms with Gasteiger partial charge in [0.15, 0.2) is 5.69 Å². The van der Waals surface area contributed by atoms with Gasteiger partial charge in [-0.3, -0.25) is 14.4 Å². The Hall–Kier alpha value is -2.92. The first-order valence-electron chi connectivity index (χ1n) is 11.8. The molecule has 5 rings (SSSR count). The minimum Gasteiger partial charge on any atom is -0.337 e. The highest BCUT2D eigenvalue weighted by molar-refractivity contribution is 5.94. The summed E-state index contributed by atoms with van der Waals surface area (Å²) in [5, 5.41) is 7.39. The van der Waals surface area contributed by atoms with Crippen molar-refractivity contribution in [2.45, 2.75) is 51.2 Å². The fourth-order valence-electron chi connectivity index (χ4n) is 5.39. The van der Waals surface area contributed by atoms with Gasteiger partial charge in [-0.2, -0.15) is 5.10 Å². The molecular formula is C27H32N4O. The Balaban J connectivity index is 1.40. The van der Waals surface area contributed by atoms with Gasteiger partial charge in [0.25, 0.3) is 5.91 Å². The first-order valence-corrected chi connectivity index (χ1v) is 11.8. The third-order valence-corrected chi connectivity index (χ3v) is 7.14. The van der Waals surface area contributed by atoms with Crippen LogP contribution in [-0.4, -0.2) is 51.7 Å². The first-order chi connectivity index (χ1) is 15.7. The molecule has 2 aliphatic rings. The Bertz CT molecular complexity index is 1140. The number of rotatable bonds is 6. The maximum absolute atomic E-state index is 13.3. The van der Waals surface area contributed by atoms with Crippen molar-refractivity contribution in [3.63, 3.8) is 0 Å². The number of benzene rings is 2. The molecule has 5 heteroatoms. The maximum Gasteiger partial charge on any atom is 0.274 e. The van der Waals surface area contributed by atoms with Crippen LogP contribution < -0.4 is 0 Å². The van der Waals surface area contributed by atoms with E-state index in [-0.39, 0.29) is 5.91 Å². The van der Waals surface area contributed by atoms with Gasteiger partial charge in [-0.05, 0) is 55.5 Å². The molecule has 32 heavy (non-hydrogen) atoms. The van der Waals surface area contributed by atoms with Crippen LogP contribution in [0.1, 0.15) is 46.6 Å². The second-order valence-corrected chi connectivity index (χ2v) is 9.19. The summed E-state index contributed by atoms with van der Waals surface area (Å²) in [4.78, 5) is 17.7. The van der Waals surface area contributed by atoms with Crippen molar-refractivity contribution in [2.24, 2.45) is 0 Å². The van der Waals surface area contributed by atoms with Crippen LogP contribution in [-0.2, 0) is 25.9 Å². The Morgan fingerprint density at radius 3 is 2.78 bits per heavy atom. The summed E-state index contributed by atoms with van der Waals surface area (Å²) in [7, 11) is 2.22. The average Bonchev–Trinajstić information content (AvgIpc) is 3.48. The standard InChI is InChI=1S/C27H32N4O/c1-3-15-31-25-14-13-22(18-24(25)26(28-31)27(32)30-16-6-7-17-30)29(2)19-21-11-8-10-20-9-4-5-12-23(20)21/h3-5,8-12,22H,1,6-7,13-19H2,2H3. The Morgan fingerprint density at radius 2 is 1.97 bits per heavy atom. The minimum absolute atomic E-state index is 0.110. The smallest absolute Gasteiger partial charge is 0.274 e. The highest BCUT2D eigenvalue weighted by Crippen LogP contribution is 2.30. The highest BCUT2D eigenvalue weighted by Gasteiger charge is 2.33. The lowest BCUT2D eigenvalue weighted by molar-refractivity contribution is 0.0784. The normalized spacial score (nSPS) is 18.3. The van der Waals surface area contributed by atoms with E-state index >= 15 is 0 Å². The quantitative estimate of drug-likeness (QED) is 0.545. The highest BCUT2D eigenvalue weighted by atomic mass is 16.2. The molecule has 166 valence electrons. The topological polar surface area (TPSA) is 41.4 Å². The number of likely N-dealkylation sites (N-methyl/N-ethyl adjacent to an activating group) is 1. The van der Waals surface area contributed by atoms with Crippen LogP contribution in [0.3, 0.4) is 0 Å². The van der Waals surface area contributed by atoms with Gasteiger partial charge in [0.1, 0.15) is 0 Å². The van der Waals surface area contributed by atoms with E-state index in [1.807, 2.05) is 15.7 Å². The monoisotopic (exact) mass is 428 g/mol. The van der Waals surface area contributed by atoms with Crippen molar-refractivity contribution in [3.8, 4) is 0 Å². The van der Waals surface area contributed by atoms with Gasteiger partial charge in [-0.15, -0.1) is 6.58 Å². The van der Waals surface area contributed by atoms with Crippen LogP contribution in [0.4, 0.5) is 0 Å². The van der Waals surface area contributed by atoms with Gasteiger partial charge in [0, 0.05) is 36.9 Å². The largest absolute Gasteiger partial charge is 0.337 e. The predicted molar refractivity (Wildman–Crippen MR) is 129 cm³/mol. The molecule has 1 amide bonds. The summed E-state index contributed by atoms with van der Waals surface area (Å²) in [6, 6.07) is 15.6. The van der Waals surface area contributed by atoms with Crippen molar-refractivity contribution >= 4 is 16.7 Å². The molecule has 0 saturated carbocycles.